The molecule has 112 valence electrons. The molecule has 1 heterocycles. The Balaban J connectivity index is 2.12. The van der Waals surface area contributed by atoms with Crippen LogP contribution in [0.25, 0.3) is 0 Å². The maximum Gasteiger partial charge on any atom is 0.308 e. The van der Waals surface area contributed by atoms with Crippen LogP contribution >= 0.6 is 0 Å². The predicted molar refractivity (Wildman–Crippen MR) is 78.1 cm³/mol. The van der Waals surface area contributed by atoms with Gasteiger partial charge in [-0.05, 0) is 24.6 Å². The minimum absolute atomic E-state index is 0.0156. The molecule has 0 unspecified atom stereocenters. The van der Waals surface area contributed by atoms with Crippen LogP contribution in [0.15, 0.2) is 24.3 Å². The van der Waals surface area contributed by atoms with E-state index in [0.717, 1.165) is 6.42 Å². The molecule has 1 saturated heterocycles. The van der Waals surface area contributed by atoms with Gasteiger partial charge in [-0.15, -0.1) is 0 Å². The lowest BCUT2D eigenvalue weighted by atomic mass is 10.1. The number of carbonyl (C=O) groups is 3. The van der Waals surface area contributed by atoms with Crippen LogP contribution in [0.4, 0.5) is 11.4 Å². The van der Waals surface area contributed by atoms with Crippen LogP contribution in [-0.2, 0) is 14.4 Å². The highest BCUT2D eigenvalue weighted by Gasteiger charge is 2.35. The van der Waals surface area contributed by atoms with E-state index in [9.17, 15) is 14.4 Å². The number of amides is 2. The summed E-state index contributed by atoms with van der Waals surface area (Å²) >= 11 is 0. The average molecular weight is 290 g/mol. The molecule has 21 heavy (non-hydrogen) atoms. The smallest absolute Gasteiger partial charge is 0.308 e. The third kappa shape index (κ3) is 3.59. The first kappa shape index (κ1) is 15.0. The Kier molecular flexibility index (Phi) is 4.57. The van der Waals surface area contributed by atoms with E-state index < -0.39 is 11.9 Å². The van der Waals surface area contributed by atoms with Gasteiger partial charge in [0.25, 0.3) is 0 Å². The number of benzene rings is 1. The van der Waals surface area contributed by atoms with Gasteiger partial charge >= 0.3 is 5.97 Å². The van der Waals surface area contributed by atoms with Gasteiger partial charge in [-0.1, -0.05) is 13.0 Å². The zero-order valence-electron chi connectivity index (χ0n) is 11.8. The summed E-state index contributed by atoms with van der Waals surface area (Å²) < 4.78 is 0. The van der Waals surface area contributed by atoms with Crippen molar-refractivity contribution in [2.75, 3.05) is 16.8 Å². The van der Waals surface area contributed by atoms with Crippen molar-refractivity contribution in [1.82, 2.24) is 0 Å². The van der Waals surface area contributed by atoms with E-state index in [-0.39, 0.29) is 24.8 Å². The van der Waals surface area contributed by atoms with Crippen molar-refractivity contribution in [3.63, 3.8) is 0 Å². The van der Waals surface area contributed by atoms with Gasteiger partial charge in [0.05, 0.1) is 5.92 Å². The van der Waals surface area contributed by atoms with Crippen LogP contribution in [0.5, 0.6) is 0 Å². The lowest BCUT2D eigenvalue weighted by molar-refractivity contribution is -0.141. The number of carboxylic acid groups (broad SMARTS) is 1. The molecule has 0 spiro atoms. The molecule has 1 aromatic carbocycles. The molecule has 0 saturated carbocycles. The van der Waals surface area contributed by atoms with Crippen molar-refractivity contribution >= 4 is 29.2 Å². The number of anilines is 2. The quantitative estimate of drug-likeness (QED) is 0.866. The Hall–Kier alpha value is -2.37. The molecule has 2 N–H and O–H groups in total. The van der Waals surface area contributed by atoms with E-state index in [4.69, 9.17) is 5.11 Å². The van der Waals surface area contributed by atoms with E-state index in [1.54, 1.807) is 24.3 Å². The van der Waals surface area contributed by atoms with Crippen LogP contribution in [-0.4, -0.2) is 29.4 Å². The number of carbonyl (C=O) groups excluding carboxylic acids is 2. The summed E-state index contributed by atoms with van der Waals surface area (Å²) in [7, 11) is 0. The number of hydrogen-bond acceptors (Lipinski definition) is 3. The SMILES string of the molecule is CCCC(=O)Nc1cccc(N2C[C@H](C(=O)O)CC2=O)c1. The Morgan fingerprint density at radius 3 is 2.81 bits per heavy atom. The number of aliphatic carboxylic acids is 1. The minimum atomic E-state index is -0.960. The molecule has 6 heteroatoms. The van der Waals surface area contributed by atoms with Gasteiger partial charge in [-0.2, -0.15) is 0 Å². The van der Waals surface area contributed by atoms with Gasteiger partial charge in [0.1, 0.15) is 0 Å². The van der Waals surface area contributed by atoms with Crippen molar-refractivity contribution in [1.29, 1.82) is 0 Å². The van der Waals surface area contributed by atoms with Gasteiger partial charge in [-0.3, -0.25) is 14.4 Å². The van der Waals surface area contributed by atoms with Gasteiger partial charge in [0, 0.05) is 30.8 Å². The lowest BCUT2D eigenvalue weighted by Gasteiger charge is -2.17. The number of hydrogen-bond donors (Lipinski definition) is 2. The van der Waals surface area contributed by atoms with Crippen molar-refractivity contribution in [2.24, 2.45) is 5.92 Å². The van der Waals surface area contributed by atoms with Gasteiger partial charge < -0.3 is 15.3 Å². The summed E-state index contributed by atoms with van der Waals surface area (Å²) in [4.78, 5) is 35.9. The highest BCUT2D eigenvalue weighted by atomic mass is 16.4. The number of carboxylic acids is 1. The molecule has 2 amide bonds. The van der Waals surface area contributed by atoms with E-state index in [2.05, 4.69) is 5.32 Å². The van der Waals surface area contributed by atoms with E-state index >= 15 is 0 Å². The molecule has 1 aliphatic rings. The zero-order chi connectivity index (χ0) is 15.4. The van der Waals surface area contributed by atoms with Crippen LogP contribution in [0.2, 0.25) is 0 Å². The van der Waals surface area contributed by atoms with Crippen molar-refractivity contribution in [3.05, 3.63) is 24.3 Å². The third-order valence-electron chi connectivity index (χ3n) is 3.39. The highest BCUT2D eigenvalue weighted by molar-refractivity contribution is 6.00. The first-order valence-corrected chi connectivity index (χ1v) is 6.94. The van der Waals surface area contributed by atoms with E-state index in [1.807, 2.05) is 6.92 Å². The maximum absolute atomic E-state index is 11.9. The minimum Gasteiger partial charge on any atom is -0.481 e. The zero-order valence-corrected chi connectivity index (χ0v) is 11.8. The summed E-state index contributed by atoms with van der Waals surface area (Å²) in [6, 6.07) is 6.90. The highest BCUT2D eigenvalue weighted by Crippen LogP contribution is 2.27. The molecular weight excluding hydrogens is 272 g/mol. The molecule has 0 bridgehead atoms. The molecule has 1 aliphatic heterocycles. The van der Waals surface area contributed by atoms with Crippen LogP contribution < -0.4 is 10.2 Å². The Labute approximate surface area is 122 Å². The summed E-state index contributed by atoms with van der Waals surface area (Å²) in [6.07, 6.45) is 1.21. The fourth-order valence-corrected chi connectivity index (χ4v) is 2.32. The van der Waals surface area contributed by atoms with Crippen LogP contribution in [0.3, 0.4) is 0 Å². The standard InChI is InChI=1S/C15H18N2O4/c1-2-4-13(18)16-11-5-3-6-12(8-11)17-9-10(15(20)21)7-14(17)19/h3,5-6,8,10H,2,4,7,9H2,1H3,(H,16,18)(H,20,21)/t10-/m1/s1. The second-order valence-corrected chi connectivity index (χ2v) is 5.09. The Morgan fingerprint density at radius 1 is 1.43 bits per heavy atom. The van der Waals surface area contributed by atoms with Gasteiger partial charge in [0.2, 0.25) is 11.8 Å². The van der Waals surface area contributed by atoms with Crippen LogP contribution in [0, 0.1) is 5.92 Å². The summed E-state index contributed by atoms with van der Waals surface area (Å²) in [5, 5.41) is 11.8. The number of nitrogens with zero attached hydrogens (tertiary/aromatic N) is 1. The van der Waals surface area contributed by atoms with Crippen molar-refractivity contribution in [2.45, 2.75) is 26.2 Å². The normalized spacial score (nSPS) is 17.9. The second-order valence-electron chi connectivity index (χ2n) is 5.09. The van der Waals surface area contributed by atoms with Gasteiger partial charge in [0.15, 0.2) is 0 Å². The van der Waals surface area contributed by atoms with E-state index in [1.165, 1.54) is 4.90 Å². The molecule has 1 aromatic rings. The molecular formula is C15H18N2O4. The topological polar surface area (TPSA) is 86.7 Å². The Morgan fingerprint density at radius 2 is 2.19 bits per heavy atom. The second kappa shape index (κ2) is 6.39. The van der Waals surface area contributed by atoms with E-state index in [0.29, 0.717) is 17.8 Å². The summed E-state index contributed by atoms with van der Waals surface area (Å²) in [6.45, 7) is 2.09. The van der Waals surface area contributed by atoms with Gasteiger partial charge in [-0.25, -0.2) is 0 Å². The fraction of sp³-hybridized carbons (Fsp3) is 0.400. The third-order valence-corrected chi connectivity index (χ3v) is 3.39. The molecule has 0 aromatic heterocycles. The van der Waals surface area contributed by atoms with Crippen molar-refractivity contribution in [3.8, 4) is 0 Å². The number of nitrogens with one attached hydrogen (secondary N) is 1. The largest absolute Gasteiger partial charge is 0.481 e. The average Bonchev–Trinajstić information content (AvgIpc) is 2.81. The predicted octanol–water partition coefficient (Wildman–Crippen LogP) is 1.86. The monoisotopic (exact) mass is 290 g/mol. The van der Waals surface area contributed by atoms with Crippen LogP contribution in [0.1, 0.15) is 26.2 Å². The molecule has 1 atom stereocenters. The molecule has 6 nitrogen and oxygen atoms in total. The maximum atomic E-state index is 11.9. The lowest BCUT2D eigenvalue weighted by Crippen LogP contribution is -2.25. The molecule has 2 rings (SSSR count). The Bertz CT molecular complexity index is 571. The molecule has 0 radical (unpaired) electrons. The van der Waals surface area contributed by atoms with Crippen molar-refractivity contribution < 1.29 is 19.5 Å². The summed E-state index contributed by atoms with van der Waals surface area (Å²) in [5.74, 6) is -1.92. The molecule has 0 aliphatic carbocycles. The fourth-order valence-electron chi connectivity index (χ4n) is 2.32. The molecule has 1 fully saturated rings. The first-order valence-electron chi connectivity index (χ1n) is 6.94. The first-order chi connectivity index (χ1) is 10.0. The summed E-state index contributed by atoms with van der Waals surface area (Å²) in [5.41, 5.74) is 1.22. The number of rotatable bonds is 5.